The monoisotopic (exact) mass is 410 g/mol. The quantitative estimate of drug-likeness (QED) is 0.577. The molecule has 2 N–H and O–H groups in total. The highest BCUT2D eigenvalue weighted by Gasteiger charge is 2.36. The number of halogens is 3. The van der Waals surface area contributed by atoms with E-state index in [1.165, 1.54) is 42.5 Å². The van der Waals surface area contributed by atoms with Gasteiger partial charge in [0.1, 0.15) is 5.57 Å². The van der Waals surface area contributed by atoms with Crippen molar-refractivity contribution in [1.82, 2.24) is 5.32 Å². The van der Waals surface area contributed by atoms with E-state index in [4.69, 9.17) is 34.8 Å². The molecular formula is C17H9Cl3N2O4. The standard InChI is InChI=1S/C17H9Cl3N2O4/c18-9-1-3-10(4-2-9)22-16(25)11(15(24)21-17(22)26)5-8-6-12(19)14(23)13(20)7-8/h1-7,23H,(H,21,24,26)/b11-5-. The van der Waals surface area contributed by atoms with Gasteiger partial charge in [-0.3, -0.25) is 14.9 Å². The number of carbonyl (C=O) groups excluding carboxylic acids is 3. The number of nitrogens with zero attached hydrogens (tertiary/aromatic N) is 1. The van der Waals surface area contributed by atoms with E-state index in [9.17, 15) is 19.5 Å². The number of urea groups is 1. The van der Waals surface area contributed by atoms with Crippen molar-refractivity contribution in [2.75, 3.05) is 4.90 Å². The van der Waals surface area contributed by atoms with Crippen LogP contribution in [-0.4, -0.2) is 23.0 Å². The minimum absolute atomic E-state index is 0.0429. The molecule has 0 aromatic heterocycles. The van der Waals surface area contributed by atoms with Crippen LogP contribution in [0.4, 0.5) is 10.5 Å². The van der Waals surface area contributed by atoms with Gasteiger partial charge in [-0.15, -0.1) is 0 Å². The van der Waals surface area contributed by atoms with Crippen LogP contribution in [0.3, 0.4) is 0 Å². The Morgan fingerprint density at radius 1 is 0.962 bits per heavy atom. The molecule has 2 aromatic carbocycles. The molecule has 0 spiro atoms. The highest BCUT2D eigenvalue weighted by Crippen LogP contribution is 2.33. The molecule has 26 heavy (non-hydrogen) atoms. The third-order valence-electron chi connectivity index (χ3n) is 3.54. The minimum Gasteiger partial charge on any atom is -0.505 e. The topological polar surface area (TPSA) is 86.7 Å². The molecule has 6 nitrogen and oxygen atoms in total. The number of hydrogen-bond acceptors (Lipinski definition) is 4. The molecule has 1 fully saturated rings. The number of phenolic OH excluding ortho intramolecular Hbond substituents is 1. The van der Waals surface area contributed by atoms with Gasteiger partial charge in [0.2, 0.25) is 0 Å². The lowest BCUT2D eigenvalue weighted by atomic mass is 10.1. The molecule has 0 atom stereocenters. The molecule has 0 bridgehead atoms. The molecule has 1 aliphatic heterocycles. The van der Waals surface area contributed by atoms with E-state index < -0.39 is 17.8 Å². The summed E-state index contributed by atoms with van der Waals surface area (Å²) >= 11 is 17.5. The van der Waals surface area contributed by atoms with Gasteiger partial charge < -0.3 is 5.11 Å². The first-order valence-electron chi connectivity index (χ1n) is 7.13. The van der Waals surface area contributed by atoms with E-state index in [1.807, 2.05) is 0 Å². The number of carbonyl (C=O) groups is 3. The van der Waals surface area contributed by atoms with Gasteiger partial charge >= 0.3 is 6.03 Å². The number of imide groups is 2. The van der Waals surface area contributed by atoms with E-state index in [2.05, 4.69) is 5.32 Å². The Morgan fingerprint density at radius 3 is 2.12 bits per heavy atom. The highest BCUT2D eigenvalue weighted by atomic mass is 35.5. The van der Waals surface area contributed by atoms with Gasteiger partial charge in [0, 0.05) is 5.02 Å². The number of amides is 4. The number of benzene rings is 2. The molecule has 9 heteroatoms. The van der Waals surface area contributed by atoms with Crippen LogP contribution in [0.2, 0.25) is 15.1 Å². The van der Waals surface area contributed by atoms with Gasteiger partial charge in [-0.2, -0.15) is 0 Å². The van der Waals surface area contributed by atoms with Crippen LogP contribution in [-0.2, 0) is 9.59 Å². The largest absolute Gasteiger partial charge is 0.505 e. The van der Waals surface area contributed by atoms with E-state index in [0.29, 0.717) is 10.6 Å². The lowest BCUT2D eigenvalue weighted by Crippen LogP contribution is -2.54. The van der Waals surface area contributed by atoms with Crippen LogP contribution in [0.5, 0.6) is 5.75 Å². The van der Waals surface area contributed by atoms with Gasteiger partial charge in [-0.05, 0) is 48.0 Å². The van der Waals surface area contributed by atoms with Gasteiger partial charge in [-0.1, -0.05) is 34.8 Å². The van der Waals surface area contributed by atoms with Crippen LogP contribution >= 0.6 is 34.8 Å². The molecule has 0 saturated carbocycles. The minimum atomic E-state index is -0.874. The number of anilines is 1. The smallest absolute Gasteiger partial charge is 0.335 e. The Kier molecular flexibility index (Phi) is 4.91. The first kappa shape index (κ1) is 18.3. The summed E-state index contributed by atoms with van der Waals surface area (Å²) in [6, 6.07) is 7.76. The summed E-state index contributed by atoms with van der Waals surface area (Å²) in [6.45, 7) is 0. The third kappa shape index (κ3) is 3.39. The third-order valence-corrected chi connectivity index (χ3v) is 4.36. The maximum atomic E-state index is 12.7. The Morgan fingerprint density at radius 2 is 1.54 bits per heavy atom. The summed E-state index contributed by atoms with van der Waals surface area (Å²) in [7, 11) is 0. The van der Waals surface area contributed by atoms with E-state index in [0.717, 1.165) is 4.90 Å². The average molecular weight is 412 g/mol. The number of phenols is 1. The number of aromatic hydroxyl groups is 1. The van der Waals surface area contributed by atoms with Crippen molar-refractivity contribution in [2.45, 2.75) is 0 Å². The van der Waals surface area contributed by atoms with Crippen molar-refractivity contribution in [3.05, 3.63) is 62.6 Å². The van der Waals surface area contributed by atoms with Crippen molar-refractivity contribution in [2.24, 2.45) is 0 Å². The van der Waals surface area contributed by atoms with Crippen LogP contribution < -0.4 is 10.2 Å². The Labute approximate surface area is 162 Å². The first-order valence-corrected chi connectivity index (χ1v) is 8.26. The Hall–Kier alpha value is -2.54. The molecule has 1 saturated heterocycles. The molecule has 2 aromatic rings. The van der Waals surface area contributed by atoms with Crippen LogP contribution in [0.15, 0.2) is 42.0 Å². The Bertz CT molecular complexity index is 947. The van der Waals surface area contributed by atoms with Crippen molar-refractivity contribution in [1.29, 1.82) is 0 Å². The summed E-state index contributed by atoms with van der Waals surface area (Å²) in [4.78, 5) is 37.7. The Balaban J connectivity index is 2.04. The van der Waals surface area contributed by atoms with Crippen molar-refractivity contribution >= 4 is 64.4 Å². The maximum absolute atomic E-state index is 12.7. The second-order valence-corrected chi connectivity index (χ2v) is 6.52. The van der Waals surface area contributed by atoms with Gasteiger partial charge in [0.05, 0.1) is 15.7 Å². The van der Waals surface area contributed by atoms with E-state index in [1.54, 1.807) is 0 Å². The van der Waals surface area contributed by atoms with Crippen LogP contribution in [0, 0.1) is 0 Å². The average Bonchev–Trinajstić information content (AvgIpc) is 2.58. The van der Waals surface area contributed by atoms with Crippen molar-refractivity contribution in [3.8, 4) is 5.75 Å². The molecule has 1 aliphatic rings. The summed E-state index contributed by atoms with van der Waals surface area (Å²) in [5, 5.41) is 12.0. The normalized spacial score (nSPS) is 16.2. The summed E-state index contributed by atoms with van der Waals surface area (Å²) < 4.78 is 0. The summed E-state index contributed by atoms with van der Waals surface area (Å²) in [6.07, 6.45) is 1.23. The molecule has 0 aliphatic carbocycles. The lowest BCUT2D eigenvalue weighted by molar-refractivity contribution is -0.122. The molecule has 4 amide bonds. The number of rotatable bonds is 2. The van der Waals surface area contributed by atoms with Gasteiger partial charge in [0.25, 0.3) is 11.8 Å². The fraction of sp³-hybridized carbons (Fsp3) is 0. The first-order chi connectivity index (χ1) is 12.3. The second kappa shape index (κ2) is 6.99. The van der Waals surface area contributed by atoms with Crippen LogP contribution in [0.25, 0.3) is 6.08 Å². The SMILES string of the molecule is O=C1NC(=O)N(c2ccc(Cl)cc2)C(=O)/C1=C\c1cc(Cl)c(O)c(Cl)c1. The number of nitrogens with one attached hydrogen (secondary N) is 1. The zero-order valence-corrected chi connectivity index (χ0v) is 15.1. The molecule has 0 radical (unpaired) electrons. The zero-order chi connectivity index (χ0) is 19.0. The zero-order valence-electron chi connectivity index (χ0n) is 12.8. The lowest BCUT2D eigenvalue weighted by Gasteiger charge is -2.26. The predicted molar refractivity (Wildman–Crippen MR) is 98.6 cm³/mol. The number of hydrogen-bond donors (Lipinski definition) is 2. The molecule has 3 rings (SSSR count). The molecule has 132 valence electrons. The van der Waals surface area contributed by atoms with Crippen molar-refractivity contribution in [3.63, 3.8) is 0 Å². The molecular weight excluding hydrogens is 403 g/mol. The van der Waals surface area contributed by atoms with Crippen LogP contribution in [0.1, 0.15) is 5.56 Å². The van der Waals surface area contributed by atoms with E-state index in [-0.39, 0.29) is 27.1 Å². The maximum Gasteiger partial charge on any atom is 0.335 e. The summed E-state index contributed by atoms with van der Waals surface area (Å²) in [5.41, 5.74) is 0.260. The fourth-order valence-corrected chi connectivity index (χ4v) is 2.95. The second-order valence-electron chi connectivity index (χ2n) is 5.27. The molecule has 1 heterocycles. The number of barbiturate groups is 1. The fourth-order valence-electron chi connectivity index (χ4n) is 2.32. The van der Waals surface area contributed by atoms with Crippen molar-refractivity contribution < 1.29 is 19.5 Å². The predicted octanol–water partition coefficient (Wildman–Crippen LogP) is 4.02. The van der Waals surface area contributed by atoms with Gasteiger partial charge in [0.15, 0.2) is 5.75 Å². The highest BCUT2D eigenvalue weighted by molar-refractivity contribution is 6.40. The molecule has 0 unspecified atom stereocenters. The van der Waals surface area contributed by atoms with E-state index >= 15 is 0 Å². The van der Waals surface area contributed by atoms with Gasteiger partial charge in [-0.25, -0.2) is 9.69 Å². The summed E-state index contributed by atoms with van der Waals surface area (Å²) in [5.74, 6) is -1.99.